The van der Waals surface area contributed by atoms with E-state index in [0.29, 0.717) is 32.1 Å². The number of fused-ring (bicyclic) bond motifs is 1. The number of methoxy groups -OCH3 is 1. The largest absolute Gasteiger partial charge is 0.419 e. The van der Waals surface area contributed by atoms with Gasteiger partial charge in [0, 0.05) is 43.8 Å². The fourth-order valence-corrected chi connectivity index (χ4v) is 7.91. The predicted octanol–water partition coefficient (Wildman–Crippen LogP) is 6.80. The van der Waals surface area contributed by atoms with Crippen molar-refractivity contribution in [2.45, 2.75) is 48.1 Å². The number of sulfonamides is 1. The minimum atomic E-state index is -4.86. The number of alkyl halides is 6. The lowest BCUT2D eigenvalue weighted by Crippen LogP contribution is -2.68. The Morgan fingerprint density at radius 3 is 2.12 bits per heavy atom. The fourth-order valence-electron chi connectivity index (χ4n) is 6.20. The van der Waals surface area contributed by atoms with Crippen molar-refractivity contribution in [2.75, 3.05) is 33.4 Å². The van der Waals surface area contributed by atoms with E-state index in [1.165, 1.54) is 31.4 Å². The summed E-state index contributed by atoms with van der Waals surface area (Å²) in [6, 6.07) is 13.0. The second kappa shape index (κ2) is 11.8. The topological polar surface area (TPSA) is 49.9 Å². The highest BCUT2D eigenvalue weighted by molar-refractivity contribution is 7.89. The van der Waals surface area contributed by atoms with Crippen molar-refractivity contribution >= 4 is 10.0 Å². The van der Waals surface area contributed by atoms with Crippen LogP contribution in [0.4, 0.5) is 30.7 Å². The van der Waals surface area contributed by atoms with Gasteiger partial charge in [0.2, 0.25) is 10.0 Å². The van der Waals surface area contributed by atoms with E-state index in [-0.39, 0.29) is 36.2 Å². The van der Waals surface area contributed by atoms with Crippen LogP contribution in [0, 0.1) is 5.82 Å². The van der Waals surface area contributed by atoms with E-state index in [1.807, 2.05) is 0 Å². The quantitative estimate of drug-likeness (QED) is 0.282. The summed E-state index contributed by atoms with van der Waals surface area (Å²) >= 11 is 0. The molecule has 5 nitrogen and oxygen atoms in total. The van der Waals surface area contributed by atoms with Gasteiger partial charge >= 0.3 is 12.4 Å². The molecule has 0 saturated carbocycles. The SMILES string of the molecule is COC[C@@H]1C(c2ccc(-c3cccc(C(F)(F)F)c3F)cc2)[C@@H]2CN(S(=O)(=O)c3ccccc3C(F)(F)F)CCCCN12. The minimum Gasteiger partial charge on any atom is -0.383 e. The Kier molecular flexibility index (Phi) is 8.64. The lowest BCUT2D eigenvalue weighted by molar-refractivity contribution is -0.140. The molecule has 2 fully saturated rings. The van der Waals surface area contributed by atoms with Crippen LogP contribution in [0.3, 0.4) is 0 Å². The summed E-state index contributed by atoms with van der Waals surface area (Å²) in [5, 5.41) is 0. The van der Waals surface area contributed by atoms with Gasteiger partial charge in [-0.05, 0) is 48.7 Å². The summed E-state index contributed by atoms with van der Waals surface area (Å²) in [5.74, 6) is -1.68. The van der Waals surface area contributed by atoms with Gasteiger partial charge in [-0.2, -0.15) is 30.6 Å². The molecule has 5 rings (SSSR count). The van der Waals surface area contributed by atoms with E-state index in [2.05, 4.69) is 4.90 Å². The lowest BCUT2D eigenvalue weighted by Gasteiger charge is -2.57. The molecule has 2 saturated heterocycles. The molecule has 0 spiro atoms. The number of hydrogen-bond acceptors (Lipinski definition) is 4. The van der Waals surface area contributed by atoms with E-state index < -0.39 is 50.3 Å². The van der Waals surface area contributed by atoms with Crippen molar-refractivity contribution in [2.24, 2.45) is 0 Å². The molecule has 232 valence electrons. The Balaban J connectivity index is 1.47. The van der Waals surface area contributed by atoms with Gasteiger partial charge < -0.3 is 4.74 Å². The number of benzene rings is 3. The Hall–Kier alpha value is -3.00. The van der Waals surface area contributed by atoms with Gasteiger partial charge in [0.1, 0.15) is 5.82 Å². The molecule has 3 aromatic carbocycles. The van der Waals surface area contributed by atoms with Crippen LogP contribution >= 0.6 is 0 Å². The van der Waals surface area contributed by atoms with Crippen LogP contribution < -0.4 is 0 Å². The zero-order chi connectivity index (χ0) is 31.2. The van der Waals surface area contributed by atoms with Gasteiger partial charge in [-0.3, -0.25) is 4.90 Å². The number of ether oxygens (including phenoxy) is 1. The molecule has 0 radical (unpaired) electrons. The maximum absolute atomic E-state index is 14.8. The van der Waals surface area contributed by atoms with E-state index in [0.717, 1.165) is 34.1 Å². The van der Waals surface area contributed by atoms with Crippen LogP contribution in [0.15, 0.2) is 71.6 Å². The van der Waals surface area contributed by atoms with E-state index in [1.54, 1.807) is 12.1 Å². The Bertz CT molecular complexity index is 1560. The van der Waals surface area contributed by atoms with Crippen molar-refractivity contribution < 1.29 is 43.9 Å². The molecule has 0 aromatic heterocycles. The highest BCUT2D eigenvalue weighted by Gasteiger charge is 2.51. The van der Waals surface area contributed by atoms with Crippen LogP contribution in [0.25, 0.3) is 11.1 Å². The molecule has 0 N–H and O–H groups in total. The van der Waals surface area contributed by atoms with Crippen molar-refractivity contribution in [3.63, 3.8) is 0 Å². The Labute approximate surface area is 244 Å². The zero-order valence-electron chi connectivity index (χ0n) is 23.0. The highest BCUT2D eigenvalue weighted by Crippen LogP contribution is 2.44. The van der Waals surface area contributed by atoms with E-state index in [9.17, 15) is 39.2 Å². The third-order valence-electron chi connectivity index (χ3n) is 8.20. The van der Waals surface area contributed by atoms with Gasteiger partial charge in [0.05, 0.1) is 22.6 Å². The average Bonchev–Trinajstić information content (AvgIpc) is 2.93. The van der Waals surface area contributed by atoms with Crippen molar-refractivity contribution in [1.29, 1.82) is 0 Å². The second-order valence-corrected chi connectivity index (χ2v) is 12.6. The predicted molar refractivity (Wildman–Crippen MR) is 145 cm³/mol. The monoisotopic (exact) mass is 630 g/mol. The smallest absolute Gasteiger partial charge is 0.383 e. The third kappa shape index (κ3) is 6.04. The van der Waals surface area contributed by atoms with Crippen LogP contribution in [-0.2, 0) is 27.1 Å². The molecule has 0 bridgehead atoms. The summed E-state index contributed by atoms with van der Waals surface area (Å²) in [6.07, 6.45) is -8.64. The standard InChI is InChI=1S/C30H29F7N2O3S/c1-42-18-25-27(20-13-11-19(12-14-20)21-7-6-9-23(28(21)31)30(35,36)37)24-17-38(15-4-5-16-39(24)25)43(40,41)26-10-3-2-8-22(26)29(32,33)34/h2-3,6-14,24-25,27H,4-5,15-18H2,1H3/t24-,25+,27?/m0/s1. The average molecular weight is 631 g/mol. The summed E-state index contributed by atoms with van der Waals surface area (Å²) in [6.45, 7) is 0.919. The number of halogens is 7. The van der Waals surface area contributed by atoms with Gasteiger partial charge in [0.15, 0.2) is 0 Å². The van der Waals surface area contributed by atoms with Crippen LogP contribution in [0.1, 0.15) is 35.4 Å². The highest BCUT2D eigenvalue weighted by atomic mass is 32.2. The number of hydrogen-bond donors (Lipinski definition) is 0. The van der Waals surface area contributed by atoms with Crippen molar-refractivity contribution in [1.82, 2.24) is 9.21 Å². The van der Waals surface area contributed by atoms with Crippen molar-refractivity contribution in [3.05, 3.63) is 89.2 Å². The van der Waals surface area contributed by atoms with Gasteiger partial charge in [-0.25, -0.2) is 12.8 Å². The third-order valence-corrected chi connectivity index (χ3v) is 10.1. The molecule has 3 aromatic rings. The molecule has 13 heteroatoms. The number of nitrogens with zero attached hydrogens (tertiary/aromatic N) is 2. The van der Waals surface area contributed by atoms with Gasteiger partial charge in [-0.1, -0.05) is 48.5 Å². The second-order valence-electron chi connectivity index (χ2n) is 10.7. The molecule has 1 unspecified atom stereocenters. The Morgan fingerprint density at radius 1 is 0.837 bits per heavy atom. The number of rotatable bonds is 6. The molecule has 2 aliphatic rings. The molecule has 2 aliphatic heterocycles. The van der Waals surface area contributed by atoms with Crippen LogP contribution in [0.2, 0.25) is 0 Å². The maximum Gasteiger partial charge on any atom is 0.419 e. The summed E-state index contributed by atoms with van der Waals surface area (Å²) in [5.41, 5.74) is -1.84. The lowest BCUT2D eigenvalue weighted by atomic mass is 9.74. The van der Waals surface area contributed by atoms with E-state index in [4.69, 9.17) is 4.74 Å². The first kappa shape index (κ1) is 31.4. The van der Waals surface area contributed by atoms with Crippen molar-refractivity contribution in [3.8, 4) is 11.1 Å². The summed E-state index contributed by atoms with van der Waals surface area (Å²) in [4.78, 5) is 1.29. The summed E-state index contributed by atoms with van der Waals surface area (Å²) < 4.78 is 130. The Morgan fingerprint density at radius 2 is 1.47 bits per heavy atom. The molecule has 0 amide bonds. The molecular formula is C30H29F7N2O3S. The fraction of sp³-hybridized carbons (Fsp3) is 0.400. The normalized spacial score (nSPS) is 22.4. The molecule has 3 atom stereocenters. The molecule has 0 aliphatic carbocycles. The summed E-state index contributed by atoms with van der Waals surface area (Å²) in [7, 11) is -2.99. The first-order valence-corrected chi connectivity index (χ1v) is 15.1. The molecule has 2 heterocycles. The molecule has 43 heavy (non-hydrogen) atoms. The van der Waals surface area contributed by atoms with E-state index >= 15 is 0 Å². The molecular weight excluding hydrogens is 601 g/mol. The van der Waals surface area contributed by atoms with Gasteiger partial charge in [-0.15, -0.1) is 0 Å². The zero-order valence-corrected chi connectivity index (χ0v) is 23.8. The van der Waals surface area contributed by atoms with Crippen LogP contribution in [-0.4, -0.2) is 63.1 Å². The first-order valence-electron chi connectivity index (χ1n) is 13.6. The van der Waals surface area contributed by atoms with Crippen LogP contribution in [0.5, 0.6) is 0 Å². The first-order chi connectivity index (χ1) is 20.2. The minimum absolute atomic E-state index is 0.0499. The van der Waals surface area contributed by atoms with Gasteiger partial charge in [0.25, 0.3) is 0 Å². The maximum atomic E-state index is 14.8.